The quantitative estimate of drug-likeness (QED) is 0.773. The minimum atomic E-state index is 0.0344. The Hall–Kier alpha value is -2.62. The molecule has 4 rings (SSSR count). The van der Waals surface area contributed by atoms with Gasteiger partial charge in [-0.05, 0) is 62.4 Å². The topological polar surface area (TPSA) is 49.4 Å². The minimum Gasteiger partial charge on any atom is -0.349 e. The van der Waals surface area contributed by atoms with Gasteiger partial charge in [0.25, 0.3) is 11.8 Å². The highest BCUT2D eigenvalue weighted by Crippen LogP contribution is 2.28. The van der Waals surface area contributed by atoms with Crippen LogP contribution in [0.2, 0.25) is 0 Å². The summed E-state index contributed by atoms with van der Waals surface area (Å²) in [7, 11) is 0. The van der Waals surface area contributed by atoms with Crippen LogP contribution in [0, 0.1) is 6.92 Å². The van der Waals surface area contributed by atoms with Crippen LogP contribution in [0.5, 0.6) is 0 Å². The monoisotopic (exact) mass is 404 g/mol. The zero-order valence-electron chi connectivity index (χ0n) is 17.9. The van der Waals surface area contributed by atoms with Gasteiger partial charge in [-0.25, -0.2) is 0 Å². The fraction of sp³-hybridized carbons (Fsp3) is 0.462. The van der Waals surface area contributed by atoms with E-state index in [0.717, 1.165) is 54.5 Å². The number of hydrogen-bond acceptors (Lipinski definition) is 2. The van der Waals surface area contributed by atoms with Gasteiger partial charge in [-0.1, -0.05) is 49.1 Å². The first-order valence-corrected chi connectivity index (χ1v) is 11.4. The average Bonchev–Trinajstić information content (AvgIpc) is 2.80. The molecule has 0 spiro atoms. The van der Waals surface area contributed by atoms with Gasteiger partial charge in [-0.3, -0.25) is 9.59 Å². The molecule has 0 unspecified atom stereocenters. The molecule has 2 aliphatic rings. The lowest BCUT2D eigenvalue weighted by Crippen LogP contribution is -2.39. The molecule has 1 aliphatic carbocycles. The number of nitrogens with one attached hydrogen (secondary N) is 1. The average molecular weight is 405 g/mol. The summed E-state index contributed by atoms with van der Waals surface area (Å²) in [6, 6.07) is 16.1. The maximum absolute atomic E-state index is 12.9. The molecular formula is C26H32N2O2. The van der Waals surface area contributed by atoms with Gasteiger partial charge in [0.15, 0.2) is 0 Å². The highest BCUT2D eigenvalue weighted by atomic mass is 16.2. The number of piperidine rings is 1. The number of nitrogens with zero attached hydrogens (tertiary/aromatic N) is 1. The Bertz CT molecular complexity index is 884. The van der Waals surface area contributed by atoms with Crippen molar-refractivity contribution in [3.63, 3.8) is 0 Å². The van der Waals surface area contributed by atoms with Crippen LogP contribution in [0.15, 0.2) is 48.5 Å². The number of carbonyl (C=O) groups is 2. The predicted molar refractivity (Wildman–Crippen MR) is 120 cm³/mol. The van der Waals surface area contributed by atoms with Gasteiger partial charge < -0.3 is 10.2 Å². The smallest absolute Gasteiger partial charge is 0.253 e. The lowest BCUT2D eigenvalue weighted by atomic mass is 9.89. The molecule has 4 nitrogen and oxygen atoms in total. The number of likely N-dealkylation sites (tertiary alicyclic amines) is 1. The van der Waals surface area contributed by atoms with Crippen molar-refractivity contribution in [2.75, 3.05) is 13.1 Å². The lowest BCUT2D eigenvalue weighted by Gasteiger charge is -2.33. The molecule has 1 N–H and O–H groups in total. The lowest BCUT2D eigenvalue weighted by molar-refractivity contribution is 0.0706. The Kier molecular flexibility index (Phi) is 6.51. The van der Waals surface area contributed by atoms with Crippen LogP contribution in [0.4, 0.5) is 0 Å². The van der Waals surface area contributed by atoms with Crippen LogP contribution >= 0.6 is 0 Å². The van der Waals surface area contributed by atoms with Crippen molar-refractivity contribution in [3.8, 4) is 0 Å². The summed E-state index contributed by atoms with van der Waals surface area (Å²) in [6.07, 6.45) is 7.90. The van der Waals surface area contributed by atoms with Crippen LogP contribution in [-0.4, -0.2) is 35.8 Å². The first-order valence-electron chi connectivity index (χ1n) is 11.4. The maximum Gasteiger partial charge on any atom is 0.253 e. The highest BCUT2D eigenvalue weighted by Gasteiger charge is 2.26. The molecular weight excluding hydrogens is 372 g/mol. The molecule has 1 saturated carbocycles. The molecule has 4 heteroatoms. The molecule has 0 bridgehead atoms. The van der Waals surface area contributed by atoms with Gasteiger partial charge in [0.2, 0.25) is 0 Å². The second kappa shape index (κ2) is 9.46. The van der Waals surface area contributed by atoms with E-state index < -0.39 is 0 Å². The Balaban J connectivity index is 1.43. The van der Waals surface area contributed by atoms with Gasteiger partial charge in [0.05, 0.1) is 0 Å². The number of amides is 2. The zero-order chi connectivity index (χ0) is 20.9. The molecule has 0 aromatic heterocycles. The fourth-order valence-electron chi connectivity index (χ4n) is 4.76. The number of benzene rings is 2. The molecule has 158 valence electrons. The van der Waals surface area contributed by atoms with Crippen molar-refractivity contribution in [2.24, 2.45) is 0 Å². The molecule has 1 aliphatic heterocycles. The third kappa shape index (κ3) is 4.92. The van der Waals surface area contributed by atoms with Crippen LogP contribution < -0.4 is 5.32 Å². The summed E-state index contributed by atoms with van der Waals surface area (Å²) >= 11 is 0. The summed E-state index contributed by atoms with van der Waals surface area (Å²) in [5, 5.41) is 3.21. The van der Waals surface area contributed by atoms with Crippen LogP contribution in [0.3, 0.4) is 0 Å². The van der Waals surface area contributed by atoms with E-state index in [4.69, 9.17) is 0 Å². The predicted octanol–water partition coefficient (Wildman–Crippen LogP) is 5.08. The van der Waals surface area contributed by atoms with Crippen molar-refractivity contribution < 1.29 is 9.59 Å². The van der Waals surface area contributed by atoms with Gasteiger partial charge in [-0.15, -0.1) is 0 Å². The van der Waals surface area contributed by atoms with Crippen molar-refractivity contribution >= 4 is 11.8 Å². The molecule has 1 atom stereocenters. The molecule has 30 heavy (non-hydrogen) atoms. The molecule has 2 amide bonds. The summed E-state index contributed by atoms with van der Waals surface area (Å²) in [5.74, 6) is 0.411. The number of hydrogen-bond donors (Lipinski definition) is 1. The Morgan fingerprint density at radius 1 is 0.900 bits per heavy atom. The van der Waals surface area contributed by atoms with Crippen LogP contribution in [-0.2, 0) is 0 Å². The van der Waals surface area contributed by atoms with E-state index in [0.29, 0.717) is 12.6 Å². The van der Waals surface area contributed by atoms with Gasteiger partial charge in [0, 0.05) is 36.2 Å². The number of rotatable bonds is 4. The minimum absolute atomic E-state index is 0.0344. The molecule has 1 saturated heterocycles. The van der Waals surface area contributed by atoms with E-state index in [9.17, 15) is 9.59 Å². The Labute approximate surface area is 179 Å². The summed E-state index contributed by atoms with van der Waals surface area (Å²) in [6.45, 7) is 3.54. The van der Waals surface area contributed by atoms with Crippen molar-refractivity contribution in [2.45, 2.75) is 63.8 Å². The first kappa shape index (κ1) is 20.6. The molecule has 0 radical (unpaired) electrons. The second-order valence-corrected chi connectivity index (χ2v) is 8.89. The summed E-state index contributed by atoms with van der Waals surface area (Å²) < 4.78 is 0. The molecule has 2 aromatic rings. The zero-order valence-corrected chi connectivity index (χ0v) is 17.9. The van der Waals surface area contributed by atoms with Crippen LogP contribution in [0.1, 0.15) is 82.7 Å². The highest BCUT2D eigenvalue weighted by molar-refractivity contribution is 5.95. The third-order valence-electron chi connectivity index (χ3n) is 6.57. The van der Waals surface area contributed by atoms with Gasteiger partial charge in [-0.2, -0.15) is 0 Å². The third-order valence-corrected chi connectivity index (χ3v) is 6.57. The van der Waals surface area contributed by atoms with E-state index in [2.05, 4.69) is 11.4 Å². The standard InChI is InChI=1S/C26H32N2O2/c1-19-12-14-20(15-13-19)26(30)28-16-6-9-23(18-28)21-7-5-8-22(17-21)25(29)27-24-10-3-2-4-11-24/h5,7-8,12-15,17,23-24H,2-4,6,9-11,16,18H2,1H3,(H,27,29)/t23-/m1/s1. The second-order valence-electron chi connectivity index (χ2n) is 8.89. The Morgan fingerprint density at radius 3 is 2.43 bits per heavy atom. The summed E-state index contributed by atoms with van der Waals surface area (Å²) in [5.41, 5.74) is 3.81. The van der Waals surface area contributed by atoms with Crippen LogP contribution in [0.25, 0.3) is 0 Å². The van der Waals surface area contributed by atoms with E-state index in [1.54, 1.807) is 0 Å². The van der Waals surface area contributed by atoms with E-state index >= 15 is 0 Å². The van der Waals surface area contributed by atoms with Crippen molar-refractivity contribution in [1.29, 1.82) is 0 Å². The number of carbonyl (C=O) groups excluding carboxylic acids is 2. The van der Waals surface area contributed by atoms with Crippen molar-refractivity contribution in [3.05, 3.63) is 70.8 Å². The first-order chi connectivity index (χ1) is 14.6. The molecule has 2 fully saturated rings. The van der Waals surface area contributed by atoms with Gasteiger partial charge in [0.1, 0.15) is 0 Å². The van der Waals surface area contributed by atoms with Gasteiger partial charge >= 0.3 is 0 Å². The normalized spacial score (nSPS) is 20.0. The van der Waals surface area contributed by atoms with E-state index in [1.807, 2.05) is 54.3 Å². The molecule has 2 aromatic carbocycles. The SMILES string of the molecule is Cc1ccc(C(=O)N2CCC[C@@H](c3cccc(C(=O)NC4CCCCC4)c3)C2)cc1. The summed E-state index contributed by atoms with van der Waals surface area (Å²) in [4.78, 5) is 27.7. The Morgan fingerprint density at radius 2 is 1.67 bits per heavy atom. The maximum atomic E-state index is 12.9. The van der Waals surface area contributed by atoms with E-state index in [1.165, 1.54) is 19.3 Å². The molecule has 1 heterocycles. The largest absolute Gasteiger partial charge is 0.349 e. The van der Waals surface area contributed by atoms with E-state index in [-0.39, 0.29) is 17.7 Å². The number of aryl methyl sites for hydroxylation is 1. The van der Waals surface area contributed by atoms with Crippen molar-refractivity contribution in [1.82, 2.24) is 10.2 Å². The fourth-order valence-corrected chi connectivity index (χ4v) is 4.76.